The number of hydrogen-bond donors (Lipinski definition) is 1. The molecule has 1 aliphatic rings. The molecule has 3 rings (SSSR count). The van der Waals surface area contributed by atoms with Gasteiger partial charge >= 0.3 is 12.1 Å². The van der Waals surface area contributed by atoms with Crippen LogP contribution in [0.25, 0.3) is 6.08 Å². The fourth-order valence-electron chi connectivity index (χ4n) is 2.65. The molecule has 2 aromatic rings. The van der Waals surface area contributed by atoms with Crippen LogP contribution in [0.2, 0.25) is 0 Å². The minimum absolute atomic E-state index is 0.235. The monoisotopic (exact) mass is 341 g/mol. The number of benzene rings is 2. The lowest BCUT2D eigenvalue weighted by atomic mass is 9.99. The number of anilines is 1. The predicted molar refractivity (Wildman–Crippen MR) is 90.9 cm³/mol. The average Bonchev–Trinajstić information content (AvgIpc) is 3.00. The molecule has 0 bridgehead atoms. The summed E-state index contributed by atoms with van der Waals surface area (Å²) in [6.07, 6.45) is 2.54. The summed E-state index contributed by atoms with van der Waals surface area (Å²) in [6.45, 7) is 1.94. The molecule has 6 heteroatoms. The Labute approximate surface area is 144 Å². The number of halogens is 1. The molecule has 0 saturated carbocycles. The third kappa shape index (κ3) is 3.68. The second-order valence-electron chi connectivity index (χ2n) is 5.37. The standard InChI is InChI=1S/C19H16FNO4/c1-2-24-18(22)15-9-8-14-16(15)10-12(20)11-17(14)21-19(23)25-13-6-4-3-5-7-13/h3-11,15H,2H2,1H3,(H,21,23). The van der Waals surface area contributed by atoms with Crippen LogP contribution in [0.3, 0.4) is 0 Å². The summed E-state index contributed by atoms with van der Waals surface area (Å²) in [5, 5.41) is 2.52. The van der Waals surface area contributed by atoms with Gasteiger partial charge in [0.25, 0.3) is 0 Å². The number of para-hydroxylation sites is 1. The summed E-state index contributed by atoms with van der Waals surface area (Å²) < 4.78 is 24.1. The number of carbonyl (C=O) groups excluding carboxylic acids is 2. The van der Waals surface area contributed by atoms with E-state index in [1.54, 1.807) is 49.4 Å². The Hall–Kier alpha value is -3.15. The Morgan fingerprint density at radius 3 is 2.68 bits per heavy atom. The molecule has 128 valence electrons. The van der Waals surface area contributed by atoms with Crippen molar-refractivity contribution in [3.05, 3.63) is 65.5 Å². The highest BCUT2D eigenvalue weighted by Crippen LogP contribution is 2.36. The molecule has 0 fully saturated rings. The molecule has 0 radical (unpaired) electrons. The zero-order valence-corrected chi connectivity index (χ0v) is 13.5. The second-order valence-corrected chi connectivity index (χ2v) is 5.37. The van der Waals surface area contributed by atoms with Crippen LogP contribution in [0.5, 0.6) is 5.75 Å². The Morgan fingerprint density at radius 1 is 1.20 bits per heavy atom. The SMILES string of the molecule is CCOC(=O)C1C=Cc2c(NC(=O)Oc3ccccc3)cc(F)cc21. The first-order chi connectivity index (χ1) is 12.1. The maximum atomic E-state index is 14.0. The fourth-order valence-corrected chi connectivity index (χ4v) is 2.65. The Kier molecular flexibility index (Phi) is 4.79. The first kappa shape index (κ1) is 16.7. The predicted octanol–water partition coefficient (Wildman–Crippen LogP) is 4.11. The van der Waals surface area contributed by atoms with E-state index in [1.807, 2.05) is 0 Å². The Bertz CT molecular complexity index is 833. The minimum Gasteiger partial charge on any atom is -0.465 e. The van der Waals surface area contributed by atoms with Crippen LogP contribution in [0.4, 0.5) is 14.9 Å². The first-order valence-corrected chi connectivity index (χ1v) is 7.80. The van der Waals surface area contributed by atoms with Gasteiger partial charge in [0.2, 0.25) is 0 Å². The largest absolute Gasteiger partial charge is 0.465 e. The third-order valence-electron chi connectivity index (χ3n) is 3.70. The van der Waals surface area contributed by atoms with Gasteiger partial charge in [0.05, 0.1) is 12.3 Å². The van der Waals surface area contributed by atoms with Crippen molar-refractivity contribution in [1.82, 2.24) is 0 Å². The molecule has 0 heterocycles. The molecule has 0 saturated heterocycles. The zero-order valence-electron chi connectivity index (χ0n) is 13.5. The van der Waals surface area contributed by atoms with Gasteiger partial charge in [-0.15, -0.1) is 0 Å². The van der Waals surface area contributed by atoms with Crippen molar-refractivity contribution in [3.8, 4) is 5.75 Å². The summed E-state index contributed by atoms with van der Waals surface area (Å²) in [5.74, 6) is -1.34. The van der Waals surface area contributed by atoms with Crippen molar-refractivity contribution in [1.29, 1.82) is 0 Å². The number of hydrogen-bond acceptors (Lipinski definition) is 4. The van der Waals surface area contributed by atoms with E-state index in [-0.39, 0.29) is 12.3 Å². The van der Waals surface area contributed by atoms with Crippen LogP contribution in [0.15, 0.2) is 48.5 Å². The highest BCUT2D eigenvalue weighted by Gasteiger charge is 2.28. The Balaban J connectivity index is 1.81. The Morgan fingerprint density at radius 2 is 1.96 bits per heavy atom. The van der Waals surface area contributed by atoms with Crippen molar-refractivity contribution in [3.63, 3.8) is 0 Å². The van der Waals surface area contributed by atoms with Crippen molar-refractivity contribution >= 4 is 23.8 Å². The number of carbonyl (C=O) groups is 2. The molecular formula is C19H16FNO4. The van der Waals surface area contributed by atoms with E-state index >= 15 is 0 Å². The number of amides is 1. The van der Waals surface area contributed by atoms with E-state index in [4.69, 9.17) is 9.47 Å². The van der Waals surface area contributed by atoms with Crippen LogP contribution in [-0.4, -0.2) is 18.7 Å². The van der Waals surface area contributed by atoms with Crippen LogP contribution in [0.1, 0.15) is 24.0 Å². The molecule has 25 heavy (non-hydrogen) atoms. The van der Waals surface area contributed by atoms with Crippen LogP contribution in [-0.2, 0) is 9.53 Å². The van der Waals surface area contributed by atoms with E-state index in [0.29, 0.717) is 16.9 Å². The van der Waals surface area contributed by atoms with Gasteiger partial charge in [0.1, 0.15) is 17.5 Å². The number of rotatable bonds is 4. The van der Waals surface area contributed by atoms with Crippen molar-refractivity contribution in [2.45, 2.75) is 12.8 Å². The van der Waals surface area contributed by atoms with Crippen molar-refractivity contribution in [2.24, 2.45) is 0 Å². The molecule has 1 unspecified atom stereocenters. The van der Waals surface area contributed by atoms with Crippen LogP contribution in [0, 0.1) is 5.82 Å². The lowest BCUT2D eigenvalue weighted by Gasteiger charge is -2.13. The van der Waals surface area contributed by atoms with Gasteiger partial charge in [-0.2, -0.15) is 0 Å². The molecule has 1 aliphatic carbocycles. The molecule has 1 atom stereocenters. The highest BCUT2D eigenvalue weighted by atomic mass is 19.1. The smallest absolute Gasteiger partial charge is 0.417 e. The maximum absolute atomic E-state index is 14.0. The normalized spacial score (nSPS) is 14.7. The number of esters is 1. The molecule has 1 amide bonds. The van der Waals surface area contributed by atoms with E-state index in [2.05, 4.69) is 5.32 Å². The van der Waals surface area contributed by atoms with E-state index in [9.17, 15) is 14.0 Å². The molecule has 0 spiro atoms. The van der Waals surface area contributed by atoms with Crippen molar-refractivity contribution in [2.75, 3.05) is 11.9 Å². The number of nitrogens with one attached hydrogen (secondary N) is 1. The maximum Gasteiger partial charge on any atom is 0.417 e. The topological polar surface area (TPSA) is 64.6 Å². The molecule has 2 aromatic carbocycles. The molecule has 0 aliphatic heterocycles. The van der Waals surface area contributed by atoms with Crippen molar-refractivity contribution < 1.29 is 23.5 Å². The lowest BCUT2D eigenvalue weighted by Crippen LogP contribution is -2.18. The van der Waals surface area contributed by atoms with E-state index in [1.165, 1.54) is 12.1 Å². The van der Waals surface area contributed by atoms with Crippen LogP contribution >= 0.6 is 0 Å². The van der Waals surface area contributed by atoms with Gasteiger partial charge in [-0.3, -0.25) is 10.1 Å². The zero-order chi connectivity index (χ0) is 17.8. The van der Waals surface area contributed by atoms with Gasteiger partial charge in [-0.25, -0.2) is 9.18 Å². The summed E-state index contributed by atoms with van der Waals surface area (Å²) in [7, 11) is 0. The molecular weight excluding hydrogens is 325 g/mol. The first-order valence-electron chi connectivity index (χ1n) is 7.80. The summed E-state index contributed by atoms with van der Waals surface area (Å²) in [4.78, 5) is 24.0. The van der Waals surface area contributed by atoms with E-state index < -0.39 is 23.8 Å². The molecule has 1 N–H and O–H groups in total. The van der Waals surface area contributed by atoms with Gasteiger partial charge in [0.15, 0.2) is 0 Å². The van der Waals surface area contributed by atoms with Gasteiger partial charge in [0, 0.05) is 5.56 Å². The number of fused-ring (bicyclic) bond motifs is 1. The quantitative estimate of drug-likeness (QED) is 0.850. The van der Waals surface area contributed by atoms with Gasteiger partial charge < -0.3 is 9.47 Å². The molecule has 0 aromatic heterocycles. The second kappa shape index (κ2) is 7.17. The summed E-state index contributed by atoms with van der Waals surface area (Å²) >= 11 is 0. The third-order valence-corrected chi connectivity index (χ3v) is 3.70. The van der Waals surface area contributed by atoms with Crippen LogP contribution < -0.4 is 10.1 Å². The minimum atomic E-state index is -0.744. The summed E-state index contributed by atoms with van der Waals surface area (Å²) in [5.41, 5.74) is 1.25. The van der Waals surface area contributed by atoms with Gasteiger partial charge in [-0.05, 0) is 36.8 Å². The number of ether oxygens (including phenoxy) is 2. The van der Waals surface area contributed by atoms with Gasteiger partial charge in [-0.1, -0.05) is 30.4 Å². The fraction of sp³-hybridized carbons (Fsp3) is 0.158. The van der Waals surface area contributed by atoms with E-state index in [0.717, 1.165) is 0 Å². The summed E-state index contributed by atoms with van der Waals surface area (Å²) in [6, 6.07) is 11.0. The molecule has 5 nitrogen and oxygen atoms in total. The lowest BCUT2D eigenvalue weighted by molar-refractivity contribution is -0.143. The average molecular weight is 341 g/mol. The highest BCUT2D eigenvalue weighted by molar-refractivity contribution is 5.94.